The van der Waals surface area contributed by atoms with E-state index in [4.69, 9.17) is 0 Å². The lowest BCUT2D eigenvalue weighted by Gasteiger charge is -2.34. The number of aliphatic hydroxyl groups excluding tert-OH is 1. The van der Waals surface area contributed by atoms with Crippen molar-refractivity contribution in [2.75, 3.05) is 24.6 Å². The first-order valence-corrected chi connectivity index (χ1v) is 18.2. The van der Waals surface area contributed by atoms with Crippen LogP contribution < -0.4 is 9.80 Å². The Labute approximate surface area is 265 Å². The first kappa shape index (κ1) is 31.9. The molecule has 0 bridgehead atoms. The molecule has 0 radical (unpaired) electrons. The van der Waals surface area contributed by atoms with Crippen LogP contribution in [0.25, 0.3) is 0 Å². The Morgan fingerprint density at radius 2 is 1.71 bits per heavy atom. The van der Waals surface area contributed by atoms with Crippen molar-refractivity contribution >= 4 is 31.6 Å². The van der Waals surface area contributed by atoms with E-state index in [0.29, 0.717) is 30.5 Å². The van der Waals surface area contributed by atoms with Gasteiger partial charge in [0.2, 0.25) is 0 Å². The second kappa shape index (κ2) is 11.0. The van der Waals surface area contributed by atoms with Crippen molar-refractivity contribution in [2.45, 2.75) is 80.4 Å². The van der Waals surface area contributed by atoms with Gasteiger partial charge in [-0.3, -0.25) is 9.45 Å². The molecule has 0 aromatic heterocycles. The fourth-order valence-corrected chi connectivity index (χ4v) is 9.41. The van der Waals surface area contributed by atoms with Crippen molar-refractivity contribution in [3.05, 3.63) is 93.9 Å². The average Bonchev–Trinajstić information content (AvgIpc) is 3.47. The van der Waals surface area contributed by atoms with Crippen LogP contribution in [0.1, 0.15) is 69.2 Å². The summed E-state index contributed by atoms with van der Waals surface area (Å²) in [7, 11) is -9.12. The van der Waals surface area contributed by atoms with Gasteiger partial charge >= 0.3 is 0 Å². The summed E-state index contributed by atoms with van der Waals surface area (Å²) in [5.74, 6) is 0. The van der Waals surface area contributed by atoms with E-state index in [2.05, 4.69) is 11.1 Å². The van der Waals surface area contributed by atoms with Gasteiger partial charge < -0.3 is 14.6 Å². The third-order valence-electron chi connectivity index (χ3n) is 9.89. The highest BCUT2D eigenvalue weighted by Crippen LogP contribution is 2.53. The molecular formula is C34H40N2O7S2. The molecule has 4 aliphatic heterocycles. The highest BCUT2D eigenvalue weighted by Gasteiger charge is 2.46. The van der Waals surface area contributed by atoms with Crippen molar-refractivity contribution in [2.24, 2.45) is 0 Å². The summed E-state index contributed by atoms with van der Waals surface area (Å²) >= 11 is 0. The topological polar surface area (TPSA) is 139 Å². The monoisotopic (exact) mass is 652 g/mol. The molecule has 4 aliphatic rings. The van der Waals surface area contributed by atoms with Crippen LogP contribution in [0.2, 0.25) is 0 Å². The maximum absolute atomic E-state index is 12.4. The predicted octanol–water partition coefficient (Wildman–Crippen LogP) is 3.97. The SMILES string of the molecule is CC1(C)C(/C=C/C(=C/C=C2/N3CCCc4ccc(S(=O)(=O)[O-])c(c43)C2(C)C)CCCO)=C[NH+]2CCc3ccc(S(=O)(=O)O)c1c32. The molecule has 0 aliphatic carbocycles. The summed E-state index contributed by atoms with van der Waals surface area (Å²) in [6, 6.07) is 6.52. The van der Waals surface area contributed by atoms with Crippen LogP contribution in [0.4, 0.5) is 11.4 Å². The van der Waals surface area contributed by atoms with E-state index in [1.54, 1.807) is 12.1 Å². The molecule has 0 amide bonds. The number of allylic oxidation sites excluding steroid dienone is 7. The molecule has 45 heavy (non-hydrogen) atoms. The molecule has 240 valence electrons. The van der Waals surface area contributed by atoms with Crippen molar-refractivity contribution in [3.8, 4) is 0 Å². The first-order valence-electron chi connectivity index (χ1n) is 15.4. The number of anilines is 1. The summed E-state index contributed by atoms with van der Waals surface area (Å²) in [5.41, 5.74) is 6.36. The summed E-state index contributed by atoms with van der Waals surface area (Å²) in [6.45, 7) is 9.35. The van der Waals surface area contributed by atoms with Gasteiger partial charge in [0.15, 0.2) is 0 Å². The van der Waals surface area contributed by atoms with E-state index in [-0.39, 0.29) is 16.4 Å². The van der Waals surface area contributed by atoms with Gasteiger partial charge in [0.25, 0.3) is 10.1 Å². The molecule has 0 fully saturated rings. The fraction of sp³-hybridized carbons (Fsp3) is 0.412. The minimum Gasteiger partial charge on any atom is -0.744 e. The van der Waals surface area contributed by atoms with Gasteiger partial charge in [-0.1, -0.05) is 58.1 Å². The lowest BCUT2D eigenvalue weighted by molar-refractivity contribution is -0.770. The third kappa shape index (κ3) is 5.33. The first-order chi connectivity index (χ1) is 21.1. The Balaban J connectivity index is 1.41. The fourth-order valence-electron chi connectivity index (χ4n) is 7.72. The van der Waals surface area contributed by atoms with E-state index in [0.717, 1.165) is 70.1 Å². The maximum Gasteiger partial charge on any atom is 0.295 e. The van der Waals surface area contributed by atoms with Gasteiger partial charge in [0, 0.05) is 64.1 Å². The zero-order valence-corrected chi connectivity index (χ0v) is 27.7. The minimum atomic E-state index is -4.68. The Morgan fingerprint density at radius 3 is 2.40 bits per heavy atom. The van der Waals surface area contributed by atoms with Crippen molar-refractivity contribution in [3.63, 3.8) is 0 Å². The Hall–Kier alpha value is -3.06. The molecule has 0 spiro atoms. The highest BCUT2D eigenvalue weighted by molar-refractivity contribution is 7.86. The van der Waals surface area contributed by atoms with Crippen molar-refractivity contribution in [1.29, 1.82) is 0 Å². The largest absolute Gasteiger partial charge is 0.744 e. The van der Waals surface area contributed by atoms with Crippen LogP contribution in [0.5, 0.6) is 0 Å². The third-order valence-corrected chi connectivity index (χ3v) is 11.7. The molecule has 6 rings (SSSR count). The molecule has 1 atom stereocenters. The van der Waals surface area contributed by atoms with Gasteiger partial charge in [-0.05, 0) is 55.0 Å². The number of hydrogen-bond donors (Lipinski definition) is 3. The quantitative estimate of drug-likeness (QED) is 0.288. The maximum atomic E-state index is 12.4. The highest BCUT2D eigenvalue weighted by atomic mass is 32.2. The number of nitrogens with zero attached hydrogens (tertiary/aromatic N) is 1. The van der Waals surface area contributed by atoms with Crippen LogP contribution in [-0.2, 0) is 43.9 Å². The number of nitrogens with one attached hydrogen (secondary N) is 1. The summed E-state index contributed by atoms with van der Waals surface area (Å²) < 4.78 is 71.9. The van der Waals surface area contributed by atoms with Gasteiger partial charge in [0.1, 0.15) is 26.9 Å². The average molecular weight is 653 g/mol. The molecule has 4 heterocycles. The molecule has 3 N–H and O–H groups in total. The van der Waals surface area contributed by atoms with Gasteiger partial charge in [-0.2, -0.15) is 8.42 Å². The van der Waals surface area contributed by atoms with Crippen LogP contribution in [-0.4, -0.2) is 50.7 Å². The van der Waals surface area contributed by atoms with Gasteiger partial charge in [0.05, 0.1) is 11.4 Å². The molecule has 9 nitrogen and oxygen atoms in total. The molecule has 2 aromatic carbocycles. The Morgan fingerprint density at radius 1 is 1.00 bits per heavy atom. The molecule has 0 saturated heterocycles. The molecule has 11 heteroatoms. The van der Waals surface area contributed by atoms with Crippen LogP contribution in [0, 0.1) is 0 Å². The number of quaternary nitrogens is 1. The standard InChI is InChI=1S/C34H40N2O7S2/c1-33(2)25(21-35-19-17-24-12-15-26(44(38,39)40)29(33)31(24)35)13-9-22(7-6-20-37)10-16-28-34(3,4)30-27(45(41,42)43)14-11-23-8-5-18-36(28)32(23)30/h9-16,21,37H,5-8,17-20H2,1-4H3,(H,38,39,40)(H,41,42,43)/b13-9+,22-10+,28-16+. The number of aryl methyl sites for hydroxylation is 1. The lowest BCUT2D eigenvalue weighted by atomic mass is 9.74. The second-order valence-corrected chi connectivity index (χ2v) is 16.2. The Kier molecular flexibility index (Phi) is 7.82. The van der Waals surface area contributed by atoms with Crippen LogP contribution >= 0.6 is 0 Å². The van der Waals surface area contributed by atoms with Crippen molar-refractivity contribution < 1.29 is 35.9 Å². The van der Waals surface area contributed by atoms with Gasteiger partial charge in [-0.15, -0.1) is 0 Å². The molecule has 1 unspecified atom stereocenters. The normalized spacial score (nSPS) is 22.6. The van der Waals surface area contributed by atoms with E-state index in [1.165, 1.54) is 12.1 Å². The minimum absolute atomic E-state index is 0.0128. The van der Waals surface area contributed by atoms with E-state index in [1.807, 2.05) is 52.0 Å². The van der Waals surface area contributed by atoms with E-state index in [9.17, 15) is 31.0 Å². The summed E-state index contributed by atoms with van der Waals surface area (Å²) in [5, 5.41) is 9.65. The summed E-state index contributed by atoms with van der Waals surface area (Å²) in [4.78, 5) is 2.97. The summed E-state index contributed by atoms with van der Waals surface area (Å²) in [6.07, 6.45) is 13.7. The second-order valence-electron chi connectivity index (χ2n) is 13.4. The molecule has 2 aromatic rings. The number of benzene rings is 2. The molecular weight excluding hydrogens is 613 g/mol. The predicted molar refractivity (Wildman–Crippen MR) is 171 cm³/mol. The van der Waals surface area contributed by atoms with Crippen molar-refractivity contribution in [1.82, 2.24) is 0 Å². The van der Waals surface area contributed by atoms with E-state index >= 15 is 0 Å². The number of rotatable bonds is 8. The Bertz CT molecular complexity index is 1930. The zero-order valence-electron chi connectivity index (χ0n) is 26.1. The van der Waals surface area contributed by atoms with Gasteiger partial charge in [-0.25, -0.2) is 8.42 Å². The molecule has 0 saturated carbocycles. The number of aliphatic hydroxyl groups is 1. The lowest BCUT2D eigenvalue weighted by Crippen LogP contribution is -3.02. The number of hydrogen-bond acceptors (Lipinski definition) is 7. The zero-order chi connectivity index (χ0) is 32.5. The van der Waals surface area contributed by atoms with Crippen LogP contribution in [0.3, 0.4) is 0 Å². The van der Waals surface area contributed by atoms with E-state index < -0.39 is 31.1 Å². The smallest absolute Gasteiger partial charge is 0.295 e. The van der Waals surface area contributed by atoms with Crippen LogP contribution in [0.15, 0.2) is 81.4 Å².